The standard InChI is InChI=1S/C29H38N4O5/c1-19(18-26(35)36)11-16-25(34)33-17-7-10-24(33)27(37)29(3,4)32-22-14-12-21(13-15-22)30-28(38)31-23-9-6-5-8-20(23)2/h5-6,8-9,12-15,19,24,32H,7,10-11,16-18H2,1-4H3,(H,35,36)(H2,30,31,38). The van der Waals surface area contributed by atoms with E-state index < -0.39 is 17.6 Å². The van der Waals surface area contributed by atoms with Crippen LogP contribution in [0.2, 0.25) is 0 Å². The molecule has 2 aromatic carbocycles. The third kappa shape index (κ3) is 7.81. The van der Waals surface area contributed by atoms with Gasteiger partial charge in [0.25, 0.3) is 0 Å². The predicted molar refractivity (Wildman–Crippen MR) is 148 cm³/mol. The second-order valence-electron chi connectivity index (χ2n) is 10.6. The molecular formula is C29H38N4O5. The minimum absolute atomic E-state index is 0.0261. The van der Waals surface area contributed by atoms with Gasteiger partial charge in [-0.2, -0.15) is 0 Å². The van der Waals surface area contributed by atoms with Crippen LogP contribution in [-0.4, -0.2) is 51.8 Å². The summed E-state index contributed by atoms with van der Waals surface area (Å²) in [6.07, 6.45) is 2.11. The summed E-state index contributed by atoms with van der Waals surface area (Å²) in [6.45, 7) is 7.87. The Labute approximate surface area is 224 Å². The molecule has 2 atom stereocenters. The second kappa shape index (κ2) is 12.6. The lowest BCUT2D eigenvalue weighted by molar-refractivity contribution is -0.140. The molecular weight excluding hydrogens is 484 g/mol. The van der Waals surface area contributed by atoms with Crippen molar-refractivity contribution in [3.05, 3.63) is 54.1 Å². The zero-order valence-electron chi connectivity index (χ0n) is 22.5. The number of carbonyl (C=O) groups is 4. The lowest BCUT2D eigenvalue weighted by Crippen LogP contribution is -2.52. The third-order valence-electron chi connectivity index (χ3n) is 6.86. The van der Waals surface area contributed by atoms with Gasteiger partial charge in [0.15, 0.2) is 5.78 Å². The number of anilines is 3. The summed E-state index contributed by atoms with van der Waals surface area (Å²) < 4.78 is 0. The Morgan fingerprint density at radius 2 is 1.68 bits per heavy atom. The molecule has 0 aromatic heterocycles. The first-order valence-electron chi connectivity index (χ1n) is 13.0. The predicted octanol–water partition coefficient (Wildman–Crippen LogP) is 5.28. The van der Waals surface area contributed by atoms with Gasteiger partial charge in [-0.15, -0.1) is 0 Å². The number of benzene rings is 2. The summed E-state index contributed by atoms with van der Waals surface area (Å²) in [6, 6.07) is 13.8. The van der Waals surface area contributed by atoms with Crippen molar-refractivity contribution in [2.75, 3.05) is 22.5 Å². The van der Waals surface area contributed by atoms with Crippen molar-refractivity contribution in [2.24, 2.45) is 5.92 Å². The quantitative estimate of drug-likeness (QED) is 0.318. The molecule has 3 rings (SSSR count). The Balaban J connectivity index is 1.56. The highest BCUT2D eigenvalue weighted by molar-refractivity contribution is 6.00. The SMILES string of the molecule is Cc1ccccc1NC(=O)Nc1ccc(NC(C)(C)C(=O)C2CCCN2C(=O)CCC(C)CC(=O)O)cc1. The van der Waals surface area contributed by atoms with Crippen LogP contribution in [0.1, 0.15) is 58.4 Å². The molecule has 3 amide bonds. The van der Waals surface area contributed by atoms with Crippen molar-refractivity contribution in [3.63, 3.8) is 0 Å². The van der Waals surface area contributed by atoms with Crippen LogP contribution in [0.25, 0.3) is 0 Å². The highest BCUT2D eigenvalue weighted by Crippen LogP contribution is 2.27. The van der Waals surface area contributed by atoms with Gasteiger partial charge in [0.05, 0.1) is 11.6 Å². The van der Waals surface area contributed by atoms with Gasteiger partial charge in [-0.05, 0) is 81.8 Å². The monoisotopic (exact) mass is 522 g/mol. The van der Waals surface area contributed by atoms with Gasteiger partial charge in [-0.3, -0.25) is 14.4 Å². The molecule has 0 aliphatic carbocycles. The van der Waals surface area contributed by atoms with Crippen molar-refractivity contribution in [2.45, 2.75) is 71.4 Å². The average Bonchev–Trinajstić information content (AvgIpc) is 3.34. The first-order valence-corrected chi connectivity index (χ1v) is 13.0. The molecule has 2 unspecified atom stereocenters. The maximum atomic E-state index is 13.5. The molecule has 204 valence electrons. The van der Waals surface area contributed by atoms with Crippen molar-refractivity contribution >= 4 is 40.8 Å². The van der Waals surface area contributed by atoms with Crippen molar-refractivity contribution in [1.82, 2.24) is 4.90 Å². The van der Waals surface area contributed by atoms with Crippen LogP contribution in [0.5, 0.6) is 0 Å². The summed E-state index contributed by atoms with van der Waals surface area (Å²) in [5.74, 6) is -1.14. The Morgan fingerprint density at radius 1 is 1.03 bits per heavy atom. The van der Waals surface area contributed by atoms with Gasteiger partial charge in [0.2, 0.25) is 5.91 Å². The van der Waals surface area contributed by atoms with Crippen LogP contribution in [0.4, 0.5) is 21.9 Å². The fourth-order valence-electron chi connectivity index (χ4n) is 4.73. The smallest absolute Gasteiger partial charge is 0.323 e. The van der Waals surface area contributed by atoms with Crippen molar-refractivity contribution < 1.29 is 24.3 Å². The van der Waals surface area contributed by atoms with E-state index >= 15 is 0 Å². The van der Waals surface area contributed by atoms with Gasteiger partial charge < -0.3 is 26.0 Å². The molecule has 9 heteroatoms. The topological polar surface area (TPSA) is 128 Å². The minimum atomic E-state index is -0.929. The normalized spacial score (nSPS) is 16.0. The fraction of sp³-hybridized carbons (Fsp3) is 0.448. The largest absolute Gasteiger partial charge is 0.481 e. The van der Waals surface area contributed by atoms with Gasteiger partial charge in [0, 0.05) is 36.4 Å². The number of carbonyl (C=O) groups excluding carboxylic acids is 3. The van der Waals surface area contributed by atoms with Crippen LogP contribution in [-0.2, 0) is 14.4 Å². The molecule has 0 spiro atoms. The summed E-state index contributed by atoms with van der Waals surface area (Å²) >= 11 is 0. The lowest BCUT2D eigenvalue weighted by atomic mass is 9.91. The number of hydrogen-bond donors (Lipinski definition) is 4. The number of likely N-dealkylation sites (tertiary alicyclic amines) is 1. The molecule has 1 heterocycles. The third-order valence-corrected chi connectivity index (χ3v) is 6.86. The first kappa shape index (κ1) is 28.7. The van der Waals surface area contributed by atoms with E-state index in [0.717, 1.165) is 17.7 Å². The van der Waals surface area contributed by atoms with Gasteiger partial charge in [-0.25, -0.2) is 4.79 Å². The zero-order chi connectivity index (χ0) is 27.9. The molecule has 9 nitrogen and oxygen atoms in total. The van der Waals surface area contributed by atoms with E-state index in [2.05, 4.69) is 16.0 Å². The molecule has 1 fully saturated rings. The minimum Gasteiger partial charge on any atom is -0.481 e. The van der Waals surface area contributed by atoms with Gasteiger partial charge in [-0.1, -0.05) is 25.1 Å². The molecule has 0 bridgehead atoms. The molecule has 0 saturated carbocycles. The number of aliphatic carboxylic acids is 1. The number of para-hydroxylation sites is 1. The zero-order valence-corrected chi connectivity index (χ0v) is 22.5. The van der Waals surface area contributed by atoms with Crippen LogP contribution < -0.4 is 16.0 Å². The number of nitrogens with zero attached hydrogens (tertiary/aromatic N) is 1. The number of carboxylic acid groups (broad SMARTS) is 1. The maximum Gasteiger partial charge on any atom is 0.323 e. The van der Waals surface area contributed by atoms with Gasteiger partial charge in [0.1, 0.15) is 0 Å². The van der Waals surface area contributed by atoms with Crippen LogP contribution in [0.3, 0.4) is 0 Å². The van der Waals surface area contributed by atoms with Crippen molar-refractivity contribution in [1.29, 1.82) is 0 Å². The highest BCUT2D eigenvalue weighted by Gasteiger charge is 2.41. The number of urea groups is 1. The highest BCUT2D eigenvalue weighted by atomic mass is 16.4. The molecule has 1 aliphatic heterocycles. The molecule has 0 radical (unpaired) electrons. The number of Topliss-reactive ketones (excluding diaryl/α,β-unsaturated/α-hetero) is 1. The number of carboxylic acids is 1. The summed E-state index contributed by atoms with van der Waals surface area (Å²) in [4.78, 5) is 51.2. The van der Waals surface area contributed by atoms with Crippen molar-refractivity contribution in [3.8, 4) is 0 Å². The Kier molecular flexibility index (Phi) is 9.50. The Bertz CT molecular complexity index is 1160. The van der Waals surface area contributed by atoms with E-state index in [4.69, 9.17) is 5.11 Å². The van der Waals surface area contributed by atoms with Crippen LogP contribution in [0, 0.1) is 12.8 Å². The average molecular weight is 523 g/mol. The number of rotatable bonds is 11. The number of ketones is 1. The van der Waals surface area contributed by atoms with E-state index in [9.17, 15) is 19.2 Å². The van der Waals surface area contributed by atoms with E-state index in [-0.39, 0.29) is 36.5 Å². The first-order chi connectivity index (χ1) is 18.0. The Morgan fingerprint density at radius 3 is 2.34 bits per heavy atom. The molecule has 38 heavy (non-hydrogen) atoms. The number of aryl methyl sites for hydroxylation is 1. The number of nitrogens with one attached hydrogen (secondary N) is 3. The molecule has 1 aliphatic rings. The van der Waals surface area contributed by atoms with E-state index in [0.29, 0.717) is 30.8 Å². The molecule has 4 N–H and O–H groups in total. The van der Waals surface area contributed by atoms with E-state index in [1.165, 1.54) is 0 Å². The van der Waals surface area contributed by atoms with Crippen LogP contribution in [0.15, 0.2) is 48.5 Å². The van der Waals surface area contributed by atoms with E-state index in [1.54, 1.807) is 43.0 Å². The summed E-state index contributed by atoms with van der Waals surface area (Å²) in [5.41, 5.74) is 2.09. The van der Waals surface area contributed by atoms with E-state index in [1.807, 2.05) is 38.1 Å². The lowest BCUT2D eigenvalue weighted by Gasteiger charge is -2.33. The molecule has 2 aromatic rings. The number of hydrogen-bond acceptors (Lipinski definition) is 5. The molecule has 1 saturated heterocycles. The summed E-state index contributed by atoms with van der Waals surface area (Å²) in [7, 11) is 0. The second-order valence-corrected chi connectivity index (χ2v) is 10.6. The fourth-order valence-corrected chi connectivity index (χ4v) is 4.73. The van der Waals surface area contributed by atoms with Crippen LogP contribution >= 0.6 is 0 Å². The Hall–Kier alpha value is -3.88. The van der Waals surface area contributed by atoms with Gasteiger partial charge >= 0.3 is 12.0 Å². The number of amides is 3. The summed E-state index contributed by atoms with van der Waals surface area (Å²) in [5, 5.41) is 17.8. The maximum absolute atomic E-state index is 13.5.